The first-order chi connectivity index (χ1) is 8.36. The van der Waals surface area contributed by atoms with Crippen LogP contribution in [-0.2, 0) is 11.3 Å². The minimum Gasteiger partial charge on any atom is -0.383 e. The highest BCUT2D eigenvalue weighted by Gasteiger charge is 2.04. The Morgan fingerprint density at radius 3 is 2.65 bits per heavy atom. The summed E-state index contributed by atoms with van der Waals surface area (Å²) in [5.74, 6) is 2.69. The van der Waals surface area contributed by atoms with Crippen molar-refractivity contribution in [2.75, 3.05) is 26.8 Å². The van der Waals surface area contributed by atoms with Crippen LogP contribution in [-0.4, -0.2) is 31.7 Å². The summed E-state index contributed by atoms with van der Waals surface area (Å²) in [6, 6.07) is 10.5. The van der Waals surface area contributed by atoms with Crippen LogP contribution in [0.1, 0.15) is 18.4 Å². The molecule has 0 amide bonds. The molecule has 1 aromatic rings. The van der Waals surface area contributed by atoms with Crippen LogP contribution in [0.3, 0.4) is 0 Å². The van der Waals surface area contributed by atoms with E-state index in [1.807, 2.05) is 6.07 Å². The largest absolute Gasteiger partial charge is 0.383 e. The first-order valence-electron chi connectivity index (χ1n) is 6.05. The van der Waals surface area contributed by atoms with Gasteiger partial charge in [0, 0.05) is 26.6 Å². The van der Waals surface area contributed by atoms with Crippen molar-refractivity contribution in [1.82, 2.24) is 4.90 Å². The highest BCUT2D eigenvalue weighted by molar-refractivity contribution is 5.14. The lowest BCUT2D eigenvalue weighted by Gasteiger charge is -2.21. The molecular formula is C15H21NO. The Labute approximate surface area is 105 Å². The number of rotatable bonds is 8. The number of methoxy groups -OCH3 is 1. The predicted octanol–water partition coefficient (Wildman–Crippen LogP) is 2.55. The molecule has 2 nitrogen and oxygen atoms in total. The van der Waals surface area contributed by atoms with E-state index in [2.05, 4.69) is 35.1 Å². The summed E-state index contributed by atoms with van der Waals surface area (Å²) in [4.78, 5) is 2.39. The van der Waals surface area contributed by atoms with Crippen molar-refractivity contribution in [3.8, 4) is 12.3 Å². The van der Waals surface area contributed by atoms with Gasteiger partial charge in [-0.15, -0.1) is 12.3 Å². The fourth-order valence-corrected chi connectivity index (χ4v) is 1.74. The quantitative estimate of drug-likeness (QED) is 0.503. The van der Waals surface area contributed by atoms with Crippen LogP contribution in [0.5, 0.6) is 0 Å². The smallest absolute Gasteiger partial charge is 0.0589 e. The van der Waals surface area contributed by atoms with Gasteiger partial charge in [-0.3, -0.25) is 4.90 Å². The normalized spacial score (nSPS) is 10.4. The van der Waals surface area contributed by atoms with Gasteiger partial charge in [0.1, 0.15) is 0 Å². The summed E-state index contributed by atoms with van der Waals surface area (Å²) >= 11 is 0. The van der Waals surface area contributed by atoms with Crippen LogP contribution in [0, 0.1) is 12.3 Å². The number of terminal acetylenes is 1. The Morgan fingerprint density at radius 2 is 2.00 bits per heavy atom. The first-order valence-corrected chi connectivity index (χ1v) is 6.05. The molecule has 0 atom stereocenters. The summed E-state index contributed by atoms with van der Waals surface area (Å²) in [7, 11) is 1.74. The Morgan fingerprint density at radius 1 is 1.24 bits per heavy atom. The molecule has 0 fully saturated rings. The molecule has 0 aliphatic heterocycles. The zero-order valence-electron chi connectivity index (χ0n) is 10.6. The van der Waals surface area contributed by atoms with Gasteiger partial charge < -0.3 is 4.74 Å². The standard InChI is InChI=1S/C15H21NO/c1-3-4-8-11-16(12-13-17-2)14-15-9-6-5-7-10-15/h1,5-7,9-10H,4,8,11-14H2,2H3. The molecule has 0 aliphatic carbocycles. The van der Waals surface area contributed by atoms with Gasteiger partial charge in [-0.2, -0.15) is 0 Å². The van der Waals surface area contributed by atoms with Gasteiger partial charge in [0.15, 0.2) is 0 Å². The number of unbranched alkanes of at least 4 members (excludes halogenated alkanes) is 1. The predicted molar refractivity (Wildman–Crippen MR) is 71.7 cm³/mol. The molecule has 1 aromatic carbocycles. The lowest BCUT2D eigenvalue weighted by molar-refractivity contribution is 0.143. The van der Waals surface area contributed by atoms with E-state index in [9.17, 15) is 0 Å². The molecule has 0 aliphatic rings. The van der Waals surface area contributed by atoms with E-state index >= 15 is 0 Å². The molecule has 0 spiro atoms. The van der Waals surface area contributed by atoms with Crippen molar-refractivity contribution in [2.24, 2.45) is 0 Å². The van der Waals surface area contributed by atoms with E-state index in [-0.39, 0.29) is 0 Å². The molecule has 0 unspecified atom stereocenters. The maximum Gasteiger partial charge on any atom is 0.0589 e. The van der Waals surface area contributed by atoms with Gasteiger partial charge in [0.2, 0.25) is 0 Å². The minimum atomic E-state index is 0.767. The van der Waals surface area contributed by atoms with E-state index < -0.39 is 0 Å². The topological polar surface area (TPSA) is 12.5 Å². The molecule has 0 N–H and O–H groups in total. The second-order valence-electron chi connectivity index (χ2n) is 4.06. The third-order valence-corrected chi connectivity index (χ3v) is 2.66. The van der Waals surface area contributed by atoms with Gasteiger partial charge in [0.05, 0.1) is 6.61 Å². The van der Waals surface area contributed by atoms with Gasteiger partial charge in [-0.1, -0.05) is 30.3 Å². The van der Waals surface area contributed by atoms with E-state index in [0.29, 0.717) is 0 Å². The number of benzene rings is 1. The van der Waals surface area contributed by atoms with Crippen LogP contribution < -0.4 is 0 Å². The second kappa shape index (κ2) is 8.81. The second-order valence-corrected chi connectivity index (χ2v) is 4.06. The van der Waals surface area contributed by atoms with Gasteiger partial charge in [-0.25, -0.2) is 0 Å². The number of hydrogen-bond donors (Lipinski definition) is 0. The van der Waals surface area contributed by atoms with Crippen molar-refractivity contribution in [2.45, 2.75) is 19.4 Å². The summed E-state index contributed by atoms with van der Waals surface area (Å²) in [5, 5.41) is 0. The molecule has 92 valence electrons. The van der Waals surface area contributed by atoms with Crippen molar-refractivity contribution < 1.29 is 4.74 Å². The van der Waals surface area contributed by atoms with Gasteiger partial charge in [-0.05, 0) is 18.5 Å². The van der Waals surface area contributed by atoms with Crippen molar-refractivity contribution in [3.63, 3.8) is 0 Å². The molecule has 0 heterocycles. The summed E-state index contributed by atoms with van der Waals surface area (Å²) < 4.78 is 5.13. The average molecular weight is 231 g/mol. The number of nitrogens with zero attached hydrogens (tertiary/aromatic N) is 1. The van der Waals surface area contributed by atoms with Crippen LogP contribution in [0.15, 0.2) is 30.3 Å². The summed E-state index contributed by atoms with van der Waals surface area (Å²) in [5.41, 5.74) is 1.34. The van der Waals surface area contributed by atoms with E-state index in [1.54, 1.807) is 7.11 Å². The van der Waals surface area contributed by atoms with Crippen LogP contribution >= 0.6 is 0 Å². The Kier molecular flexibility index (Phi) is 7.13. The highest BCUT2D eigenvalue weighted by atomic mass is 16.5. The van der Waals surface area contributed by atoms with Crippen molar-refractivity contribution in [3.05, 3.63) is 35.9 Å². The zero-order chi connectivity index (χ0) is 12.3. The van der Waals surface area contributed by atoms with Gasteiger partial charge >= 0.3 is 0 Å². The minimum absolute atomic E-state index is 0.767. The van der Waals surface area contributed by atoms with E-state index in [0.717, 1.165) is 39.1 Å². The molecule has 1 rings (SSSR count). The monoisotopic (exact) mass is 231 g/mol. The number of hydrogen-bond acceptors (Lipinski definition) is 2. The van der Waals surface area contributed by atoms with Crippen molar-refractivity contribution in [1.29, 1.82) is 0 Å². The Bertz CT molecular complexity index is 329. The third-order valence-electron chi connectivity index (χ3n) is 2.66. The fourth-order valence-electron chi connectivity index (χ4n) is 1.74. The fraction of sp³-hybridized carbons (Fsp3) is 0.467. The Hall–Kier alpha value is -1.30. The molecular weight excluding hydrogens is 210 g/mol. The van der Waals surface area contributed by atoms with Crippen molar-refractivity contribution >= 4 is 0 Å². The molecule has 2 heteroatoms. The SMILES string of the molecule is C#CCCCN(CCOC)Cc1ccccc1. The third kappa shape index (κ3) is 6.11. The highest BCUT2D eigenvalue weighted by Crippen LogP contribution is 2.05. The molecule has 0 aromatic heterocycles. The van der Waals surface area contributed by atoms with Crippen LogP contribution in [0.2, 0.25) is 0 Å². The lowest BCUT2D eigenvalue weighted by Crippen LogP contribution is -2.28. The lowest BCUT2D eigenvalue weighted by atomic mass is 10.2. The maximum absolute atomic E-state index is 5.27. The Balaban J connectivity index is 2.42. The summed E-state index contributed by atoms with van der Waals surface area (Å²) in [6.45, 7) is 3.72. The molecule has 0 saturated heterocycles. The van der Waals surface area contributed by atoms with Crippen LogP contribution in [0.4, 0.5) is 0 Å². The zero-order valence-corrected chi connectivity index (χ0v) is 10.6. The summed E-state index contributed by atoms with van der Waals surface area (Å²) in [6.07, 6.45) is 7.17. The molecule has 17 heavy (non-hydrogen) atoms. The van der Waals surface area contributed by atoms with E-state index in [4.69, 9.17) is 11.2 Å². The number of ether oxygens (including phenoxy) is 1. The average Bonchev–Trinajstić information content (AvgIpc) is 2.37. The van der Waals surface area contributed by atoms with Crippen LogP contribution in [0.25, 0.3) is 0 Å². The molecule has 0 saturated carbocycles. The van der Waals surface area contributed by atoms with Gasteiger partial charge in [0.25, 0.3) is 0 Å². The molecule has 0 radical (unpaired) electrons. The maximum atomic E-state index is 5.27. The van der Waals surface area contributed by atoms with E-state index in [1.165, 1.54) is 5.56 Å². The molecule has 0 bridgehead atoms. The first kappa shape index (κ1) is 13.8.